The van der Waals surface area contributed by atoms with Gasteiger partial charge in [0, 0.05) is 31.0 Å². The van der Waals surface area contributed by atoms with Crippen molar-refractivity contribution in [1.29, 1.82) is 0 Å². The fourth-order valence-electron chi connectivity index (χ4n) is 2.77. The topological polar surface area (TPSA) is 39.1 Å². The fraction of sp³-hybridized carbons (Fsp3) is 0.812. The second-order valence-electron chi connectivity index (χ2n) is 5.79. The van der Waals surface area contributed by atoms with Crippen molar-refractivity contribution in [1.82, 2.24) is 15.1 Å². The summed E-state index contributed by atoms with van der Waals surface area (Å²) in [6.45, 7) is 7.13. The predicted octanol–water partition coefficient (Wildman–Crippen LogP) is 3.29. The van der Waals surface area contributed by atoms with Gasteiger partial charge in [-0.3, -0.25) is 4.68 Å². The Balaban J connectivity index is 1.55. The van der Waals surface area contributed by atoms with E-state index < -0.39 is 0 Å². The molecular weight excluding hydrogens is 250 g/mol. The zero-order valence-electron chi connectivity index (χ0n) is 13.0. The highest BCUT2D eigenvalue weighted by atomic mass is 16.5. The molecule has 20 heavy (non-hydrogen) atoms. The summed E-state index contributed by atoms with van der Waals surface area (Å²) in [5.74, 6) is 0. The molecule has 114 valence electrons. The molecule has 1 aromatic rings. The van der Waals surface area contributed by atoms with Gasteiger partial charge in [0.05, 0.1) is 12.3 Å². The monoisotopic (exact) mass is 279 g/mol. The Kier molecular flexibility index (Phi) is 6.54. The molecule has 4 heteroatoms. The second-order valence-corrected chi connectivity index (χ2v) is 5.79. The van der Waals surface area contributed by atoms with Gasteiger partial charge in [-0.25, -0.2) is 0 Å². The Bertz CT molecular complexity index is 372. The van der Waals surface area contributed by atoms with E-state index in [1.807, 2.05) is 10.9 Å². The van der Waals surface area contributed by atoms with Crippen molar-refractivity contribution in [3.63, 3.8) is 0 Å². The largest absolute Gasteiger partial charge is 0.378 e. The maximum absolute atomic E-state index is 5.94. The van der Waals surface area contributed by atoms with Gasteiger partial charge in [-0.2, -0.15) is 5.10 Å². The van der Waals surface area contributed by atoms with E-state index in [1.165, 1.54) is 37.7 Å². The van der Waals surface area contributed by atoms with E-state index in [0.717, 1.165) is 26.1 Å². The van der Waals surface area contributed by atoms with Crippen LogP contribution in [0.25, 0.3) is 0 Å². The smallest absolute Gasteiger partial charge is 0.0575 e. The van der Waals surface area contributed by atoms with Crippen LogP contribution in [-0.2, 0) is 11.3 Å². The third kappa shape index (κ3) is 4.91. The third-order valence-electron chi connectivity index (χ3n) is 4.15. The zero-order chi connectivity index (χ0) is 14.2. The lowest BCUT2D eigenvalue weighted by molar-refractivity contribution is 0.0271. The molecule has 1 aliphatic carbocycles. The summed E-state index contributed by atoms with van der Waals surface area (Å²) in [6.07, 6.45) is 12.3. The number of hydrogen-bond donors (Lipinski definition) is 1. The van der Waals surface area contributed by atoms with E-state index in [2.05, 4.69) is 30.5 Å². The Morgan fingerprint density at radius 3 is 2.90 bits per heavy atom. The number of ether oxygens (including phenoxy) is 1. The summed E-state index contributed by atoms with van der Waals surface area (Å²) in [7, 11) is 0. The summed E-state index contributed by atoms with van der Waals surface area (Å²) in [5.41, 5.74) is 1.26. The van der Waals surface area contributed by atoms with Crippen molar-refractivity contribution in [2.45, 2.75) is 71.1 Å². The maximum atomic E-state index is 5.94. The molecule has 2 rings (SSSR count). The molecular formula is C16H29N3O. The van der Waals surface area contributed by atoms with Crippen LogP contribution >= 0.6 is 0 Å². The lowest BCUT2D eigenvalue weighted by atomic mass is 9.98. The minimum absolute atomic E-state index is 0.366. The summed E-state index contributed by atoms with van der Waals surface area (Å²) in [5, 5.41) is 7.85. The van der Waals surface area contributed by atoms with Gasteiger partial charge in [0.2, 0.25) is 0 Å². The first kappa shape index (κ1) is 15.5. The third-order valence-corrected chi connectivity index (χ3v) is 4.15. The van der Waals surface area contributed by atoms with Crippen LogP contribution in [0.2, 0.25) is 0 Å². The SMILES string of the molecule is CCn1cc(C(C)NCCCOC2CCCCC2)cn1. The molecule has 0 amide bonds. The van der Waals surface area contributed by atoms with Crippen molar-refractivity contribution in [3.05, 3.63) is 18.0 Å². The van der Waals surface area contributed by atoms with E-state index in [-0.39, 0.29) is 0 Å². The predicted molar refractivity (Wildman–Crippen MR) is 81.8 cm³/mol. The molecule has 0 radical (unpaired) electrons. The minimum Gasteiger partial charge on any atom is -0.378 e. The van der Waals surface area contributed by atoms with Crippen molar-refractivity contribution >= 4 is 0 Å². The van der Waals surface area contributed by atoms with Crippen LogP contribution in [0.5, 0.6) is 0 Å². The lowest BCUT2D eigenvalue weighted by Crippen LogP contribution is -2.22. The summed E-state index contributed by atoms with van der Waals surface area (Å²) < 4.78 is 7.91. The first-order valence-corrected chi connectivity index (χ1v) is 8.17. The molecule has 1 saturated carbocycles. The van der Waals surface area contributed by atoms with Crippen LogP contribution < -0.4 is 5.32 Å². The van der Waals surface area contributed by atoms with Gasteiger partial charge in [-0.1, -0.05) is 19.3 Å². The van der Waals surface area contributed by atoms with Gasteiger partial charge >= 0.3 is 0 Å². The van der Waals surface area contributed by atoms with E-state index in [9.17, 15) is 0 Å². The standard InChI is InChI=1S/C16H29N3O/c1-3-19-13-15(12-18-19)14(2)17-10-7-11-20-16-8-5-4-6-9-16/h12-14,16-17H,3-11H2,1-2H3. The van der Waals surface area contributed by atoms with Crippen LogP contribution in [0.3, 0.4) is 0 Å². The van der Waals surface area contributed by atoms with Gasteiger partial charge in [-0.05, 0) is 39.7 Å². The van der Waals surface area contributed by atoms with Gasteiger partial charge in [0.1, 0.15) is 0 Å². The van der Waals surface area contributed by atoms with E-state index in [4.69, 9.17) is 4.74 Å². The normalized spacial score (nSPS) is 18.3. The Morgan fingerprint density at radius 1 is 1.40 bits per heavy atom. The number of aromatic nitrogens is 2. The molecule has 1 N–H and O–H groups in total. The molecule has 0 aromatic carbocycles. The van der Waals surface area contributed by atoms with E-state index in [0.29, 0.717) is 12.1 Å². The number of nitrogens with zero attached hydrogens (tertiary/aromatic N) is 2. The van der Waals surface area contributed by atoms with Gasteiger partial charge in [0.25, 0.3) is 0 Å². The first-order valence-electron chi connectivity index (χ1n) is 8.17. The number of hydrogen-bond acceptors (Lipinski definition) is 3. The molecule has 1 fully saturated rings. The van der Waals surface area contributed by atoms with Crippen molar-refractivity contribution in [2.24, 2.45) is 0 Å². The molecule has 4 nitrogen and oxygen atoms in total. The van der Waals surface area contributed by atoms with Crippen LogP contribution in [0, 0.1) is 0 Å². The molecule has 1 atom stereocenters. The van der Waals surface area contributed by atoms with Crippen molar-refractivity contribution in [2.75, 3.05) is 13.2 Å². The van der Waals surface area contributed by atoms with Crippen molar-refractivity contribution < 1.29 is 4.74 Å². The Morgan fingerprint density at radius 2 is 2.20 bits per heavy atom. The molecule has 1 aliphatic rings. The van der Waals surface area contributed by atoms with Gasteiger partial charge in [-0.15, -0.1) is 0 Å². The quantitative estimate of drug-likeness (QED) is 0.742. The highest BCUT2D eigenvalue weighted by molar-refractivity contribution is 5.08. The molecule has 0 spiro atoms. The lowest BCUT2D eigenvalue weighted by Gasteiger charge is -2.22. The average Bonchev–Trinajstić information content (AvgIpc) is 2.97. The van der Waals surface area contributed by atoms with E-state index >= 15 is 0 Å². The summed E-state index contributed by atoms with van der Waals surface area (Å²) in [4.78, 5) is 0. The Hall–Kier alpha value is -0.870. The van der Waals surface area contributed by atoms with E-state index in [1.54, 1.807) is 0 Å². The van der Waals surface area contributed by atoms with Gasteiger partial charge in [0.15, 0.2) is 0 Å². The highest BCUT2D eigenvalue weighted by Crippen LogP contribution is 2.20. The highest BCUT2D eigenvalue weighted by Gasteiger charge is 2.13. The van der Waals surface area contributed by atoms with Crippen LogP contribution in [0.4, 0.5) is 0 Å². The molecule has 0 aliphatic heterocycles. The zero-order valence-corrected chi connectivity index (χ0v) is 13.0. The first-order chi connectivity index (χ1) is 9.79. The minimum atomic E-state index is 0.366. The Labute approximate surface area is 122 Å². The maximum Gasteiger partial charge on any atom is 0.0575 e. The molecule has 0 saturated heterocycles. The molecule has 0 bridgehead atoms. The summed E-state index contributed by atoms with van der Waals surface area (Å²) in [6, 6.07) is 0.366. The molecule has 1 aromatic heterocycles. The van der Waals surface area contributed by atoms with Crippen LogP contribution in [-0.4, -0.2) is 29.0 Å². The second kappa shape index (κ2) is 8.42. The van der Waals surface area contributed by atoms with Crippen molar-refractivity contribution in [3.8, 4) is 0 Å². The number of rotatable bonds is 8. The fourth-order valence-corrected chi connectivity index (χ4v) is 2.77. The van der Waals surface area contributed by atoms with Crippen LogP contribution in [0.15, 0.2) is 12.4 Å². The number of nitrogens with one attached hydrogen (secondary N) is 1. The van der Waals surface area contributed by atoms with Gasteiger partial charge < -0.3 is 10.1 Å². The summed E-state index contributed by atoms with van der Waals surface area (Å²) >= 11 is 0. The number of aryl methyl sites for hydroxylation is 1. The molecule has 1 unspecified atom stereocenters. The van der Waals surface area contributed by atoms with Crippen LogP contribution in [0.1, 0.15) is 64.0 Å². The molecule has 1 heterocycles. The average molecular weight is 279 g/mol.